The molecular weight excluding hydrogens is 185 g/mol. The molecule has 1 atom stereocenters. The molecule has 1 fully saturated rings. The van der Waals surface area contributed by atoms with Crippen LogP contribution in [-0.2, 0) is 4.79 Å². The molecule has 4 heteroatoms. The molecule has 0 aromatic heterocycles. The normalized spacial score (nSPS) is 21.5. The average molecular weight is 203 g/mol. The molecule has 3 nitrogen and oxygen atoms in total. The first-order chi connectivity index (χ1) is 6.31. The van der Waals surface area contributed by atoms with E-state index in [2.05, 4.69) is 5.32 Å². The van der Waals surface area contributed by atoms with Crippen LogP contribution >= 0.6 is 0 Å². The summed E-state index contributed by atoms with van der Waals surface area (Å²) >= 11 is 0. The highest BCUT2D eigenvalue weighted by Crippen LogP contribution is 2.35. The first-order valence-corrected chi connectivity index (χ1v) is 4.88. The van der Waals surface area contributed by atoms with E-state index >= 15 is 0 Å². The van der Waals surface area contributed by atoms with Gasteiger partial charge in [-0.3, -0.25) is 4.79 Å². The van der Waals surface area contributed by atoms with Crippen LogP contribution in [0.1, 0.15) is 33.6 Å². The summed E-state index contributed by atoms with van der Waals surface area (Å²) in [6.07, 6.45) is -0.0374. The van der Waals surface area contributed by atoms with Crippen molar-refractivity contribution in [2.24, 2.45) is 5.41 Å². The number of halogens is 1. The molecule has 1 unspecified atom stereocenters. The first kappa shape index (κ1) is 11.4. The van der Waals surface area contributed by atoms with Crippen molar-refractivity contribution in [3.05, 3.63) is 0 Å². The number of carbonyl (C=O) groups is 1. The highest BCUT2D eigenvalue weighted by molar-refractivity contribution is 5.82. The zero-order valence-corrected chi connectivity index (χ0v) is 8.93. The van der Waals surface area contributed by atoms with Crippen LogP contribution in [-0.4, -0.2) is 29.3 Å². The molecule has 0 saturated heterocycles. The van der Waals surface area contributed by atoms with Gasteiger partial charge in [0.2, 0.25) is 0 Å². The highest BCUT2D eigenvalue weighted by Gasteiger charge is 2.45. The number of rotatable bonds is 3. The van der Waals surface area contributed by atoms with E-state index in [-0.39, 0.29) is 6.61 Å². The second kappa shape index (κ2) is 3.50. The van der Waals surface area contributed by atoms with E-state index in [1.807, 2.05) is 0 Å². The molecule has 0 radical (unpaired) electrons. The Kier molecular flexibility index (Phi) is 2.86. The van der Waals surface area contributed by atoms with Crippen LogP contribution in [0, 0.1) is 5.41 Å². The Labute approximate surface area is 83.7 Å². The molecule has 0 aromatic carbocycles. The minimum Gasteiger partial charge on any atom is -0.394 e. The van der Waals surface area contributed by atoms with E-state index in [0.29, 0.717) is 0 Å². The molecule has 82 valence electrons. The summed E-state index contributed by atoms with van der Waals surface area (Å²) in [6.45, 7) is 4.93. The maximum atomic E-state index is 13.5. The minimum atomic E-state index is -1.52. The molecule has 0 heterocycles. The van der Waals surface area contributed by atoms with Crippen molar-refractivity contribution in [2.75, 3.05) is 6.61 Å². The molecule has 1 aliphatic rings. The number of carbonyl (C=O) groups excluding carboxylic acids is 1. The molecule has 1 rings (SSSR count). The summed E-state index contributed by atoms with van der Waals surface area (Å²) < 4.78 is 13.5. The lowest BCUT2D eigenvalue weighted by Crippen LogP contribution is -2.47. The van der Waals surface area contributed by atoms with Gasteiger partial charge in [-0.15, -0.1) is 0 Å². The van der Waals surface area contributed by atoms with Crippen molar-refractivity contribution in [3.8, 4) is 0 Å². The Morgan fingerprint density at radius 1 is 1.57 bits per heavy atom. The van der Waals surface area contributed by atoms with Crippen molar-refractivity contribution in [3.63, 3.8) is 0 Å². The van der Waals surface area contributed by atoms with E-state index in [9.17, 15) is 9.18 Å². The van der Waals surface area contributed by atoms with Crippen LogP contribution < -0.4 is 5.32 Å². The highest BCUT2D eigenvalue weighted by atomic mass is 19.1. The summed E-state index contributed by atoms with van der Waals surface area (Å²) in [7, 11) is 0. The van der Waals surface area contributed by atoms with E-state index in [1.165, 1.54) is 0 Å². The van der Waals surface area contributed by atoms with Crippen LogP contribution in [0.3, 0.4) is 0 Å². The van der Waals surface area contributed by atoms with Gasteiger partial charge in [-0.1, -0.05) is 20.8 Å². The van der Waals surface area contributed by atoms with Gasteiger partial charge in [0.15, 0.2) is 6.17 Å². The molecule has 1 saturated carbocycles. The van der Waals surface area contributed by atoms with Crippen molar-refractivity contribution in [2.45, 2.75) is 45.3 Å². The molecule has 0 aromatic rings. The Bertz CT molecular complexity index is 231. The number of amides is 1. The van der Waals surface area contributed by atoms with Gasteiger partial charge < -0.3 is 10.4 Å². The maximum absolute atomic E-state index is 13.5. The zero-order valence-electron chi connectivity index (χ0n) is 8.93. The van der Waals surface area contributed by atoms with Crippen LogP contribution in [0.15, 0.2) is 0 Å². The molecule has 14 heavy (non-hydrogen) atoms. The number of hydrogen-bond acceptors (Lipinski definition) is 2. The van der Waals surface area contributed by atoms with Gasteiger partial charge in [0.25, 0.3) is 5.91 Å². The summed E-state index contributed by atoms with van der Waals surface area (Å²) in [5.74, 6) is -0.607. The average Bonchev–Trinajstić information content (AvgIpc) is 2.82. The number of alkyl halides is 1. The van der Waals surface area contributed by atoms with Gasteiger partial charge in [-0.25, -0.2) is 4.39 Å². The Morgan fingerprint density at radius 3 is 2.36 bits per heavy atom. The van der Waals surface area contributed by atoms with Crippen molar-refractivity contribution >= 4 is 5.91 Å². The molecule has 1 aliphatic carbocycles. The molecule has 0 aliphatic heterocycles. The molecule has 2 N–H and O–H groups in total. The third kappa shape index (κ3) is 2.44. The second-order valence-electron chi connectivity index (χ2n) is 5.16. The van der Waals surface area contributed by atoms with E-state index in [0.717, 1.165) is 12.8 Å². The summed E-state index contributed by atoms with van der Waals surface area (Å²) in [5.41, 5.74) is -1.21. The van der Waals surface area contributed by atoms with Crippen molar-refractivity contribution in [1.82, 2.24) is 5.32 Å². The number of aliphatic hydroxyl groups is 1. The lowest BCUT2D eigenvalue weighted by molar-refractivity contribution is -0.130. The monoisotopic (exact) mass is 203 g/mol. The smallest absolute Gasteiger partial charge is 0.255 e. The Hall–Kier alpha value is -0.640. The fourth-order valence-corrected chi connectivity index (χ4v) is 1.19. The van der Waals surface area contributed by atoms with Gasteiger partial charge in [0, 0.05) is 5.41 Å². The second-order valence-corrected chi connectivity index (χ2v) is 5.16. The van der Waals surface area contributed by atoms with E-state index < -0.39 is 23.0 Å². The van der Waals surface area contributed by atoms with Gasteiger partial charge in [0.05, 0.1) is 12.1 Å². The van der Waals surface area contributed by atoms with E-state index in [1.54, 1.807) is 20.8 Å². The minimum absolute atomic E-state index is 0.102. The van der Waals surface area contributed by atoms with Crippen LogP contribution in [0.5, 0.6) is 0 Å². The summed E-state index contributed by atoms with van der Waals surface area (Å²) in [5, 5.41) is 11.5. The summed E-state index contributed by atoms with van der Waals surface area (Å²) in [6, 6.07) is 0. The van der Waals surface area contributed by atoms with Crippen LogP contribution in [0.2, 0.25) is 0 Å². The topological polar surface area (TPSA) is 49.3 Å². The quantitative estimate of drug-likeness (QED) is 0.719. The SMILES string of the molecule is CC(C)(C)C(F)C(=O)NC1(CO)CC1. The van der Waals surface area contributed by atoms with Crippen LogP contribution in [0.25, 0.3) is 0 Å². The Morgan fingerprint density at radius 2 is 2.07 bits per heavy atom. The van der Waals surface area contributed by atoms with Gasteiger partial charge in [-0.2, -0.15) is 0 Å². The van der Waals surface area contributed by atoms with Gasteiger partial charge >= 0.3 is 0 Å². The first-order valence-electron chi connectivity index (χ1n) is 4.88. The number of hydrogen-bond donors (Lipinski definition) is 2. The van der Waals surface area contributed by atoms with Crippen LogP contribution in [0.4, 0.5) is 4.39 Å². The molecular formula is C10H18FNO2. The third-order valence-electron chi connectivity index (χ3n) is 2.54. The van der Waals surface area contributed by atoms with Crippen molar-refractivity contribution < 1.29 is 14.3 Å². The fourth-order valence-electron chi connectivity index (χ4n) is 1.19. The fraction of sp³-hybridized carbons (Fsp3) is 0.900. The molecule has 0 bridgehead atoms. The number of nitrogens with one attached hydrogen (secondary N) is 1. The lowest BCUT2D eigenvalue weighted by atomic mass is 9.89. The predicted molar refractivity (Wildman–Crippen MR) is 51.5 cm³/mol. The molecule has 0 spiro atoms. The third-order valence-corrected chi connectivity index (χ3v) is 2.54. The zero-order chi connectivity index (χ0) is 11.0. The van der Waals surface area contributed by atoms with Crippen molar-refractivity contribution in [1.29, 1.82) is 0 Å². The number of aliphatic hydroxyl groups excluding tert-OH is 1. The van der Waals surface area contributed by atoms with Gasteiger partial charge in [0.1, 0.15) is 0 Å². The van der Waals surface area contributed by atoms with Gasteiger partial charge in [-0.05, 0) is 12.8 Å². The van der Waals surface area contributed by atoms with E-state index in [4.69, 9.17) is 5.11 Å². The standard InChI is InChI=1S/C10H18FNO2/c1-9(2,3)7(11)8(14)12-10(6-13)4-5-10/h7,13H,4-6H2,1-3H3,(H,12,14). The summed E-state index contributed by atoms with van der Waals surface area (Å²) in [4.78, 5) is 11.4. The Balaban J connectivity index is 2.50. The maximum Gasteiger partial charge on any atom is 0.255 e. The predicted octanol–water partition coefficient (Wildman–Crippen LogP) is 1.01. The molecule has 1 amide bonds. The largest absolute Gasteiger partial charge is 0.394 e. The lowest BCUT2D eigenvalue weighted by Gasteiger charge is -2.24.